The topological polar surface area (TPSA) is 12.0 Å². The summed E-state index contributed by atoms with van der Waals surface area (Å²) in [5.74, 6) is 0. The van der Waals surface area contributed by atoms with E-state index in [1.807, 2.05) is 36.6 Å². The van der Waals surface area contributed by atoms with Crippen LogP contribution in [0, 0.1) is 13.8 Å². The molecule has 1 nitrogen and oxygen atoms in total. The van der Waals surface area contributed by atoms with Crippen molar-refractivity contribution in [1.82, 2.24) is 5.32 Å². The molecule has 2 aromatic rings. The van der Waals surface area contributed by atoms with Crippen molar-refractivity contribution < 1.29 is 0 Å². The Morgan fingerprint density at radius 3 is 2.33 bits per heavy atom. The van der Waals surface area contributed by atoms with Gasteiger partial charge in [-0.25, -0.2) is 0 Å². The highest BCUT2D eigenvalue weighted by Gasteiger charge is 2.17. The van der Waals surface area contributed by atoms with Crippen LogP contribution in [0.15, 0.2) is 24.3 Å². The van der Waals surface area contributed by atoms with E-state index in [1.54, 1.807) is 0 Å². The van der Waals surface area contributed by atoms with Gasteiger partial charge in [0.2, 0.25) is 0 Å². The third kappa shape index (κ3) is 2.72. The summed E-state index contributed by atoms with van der Waals surface area (Å²) in [4.78, 5) is 2.65. The van der Waals surface area contributed by atoms with Crippen LogP contribution in [0.5, 0.6) is 0 Å². The lowest BCUT2D eigenvalue weighted by molar-refractivity contribution is 0.691. The molecule has 0 saturated heterocycles. The van der Waals surface area contributed by atoms with Crippen molar-refractivity contribution in [3.8, 4) is 0 Å². The lowest BCUT2D eigenvalue weighted by Crippen LogP contribution is -2.17. The minimum absolute atomic E-state index is 0.157. The van der Waals surface area contributed by atoms with Gasteiger partial charge in [0, 0.05) is 9.75 Å². The molecule has 0 saturated carbocycles. The highest BCUT2D eigenvalue weighted by Crippen LogP contribution is 2.33. The van der Waals surface area contributed by atoms with Crippen molar-refractivity contribution in [2.75, 3.05) is 7.05 Å². The largest absolute Gasteiger partial charge is 0.309 e. The lowest BCUT2D eigenvalue weighted by atomic mass is 9.99. The molecule has 0 radical (unpaired) electrons. The number of thiophene rings is 1. The van der Waals surface area contributed by atoms with E-state index >= 15 is 0 Å². The average molecular weight is 300 g/mol. The molecule has 18 heavy (non-hydrogen) atoms. The van der Waals surface area contributed by atoms with Gasteiger partial charge in [-0.15, -0.1) is 11.3 Å². The van der Waals surface area contributed by atoms with Crippen LogP contribution in [0.3, 0.4) is 0 Å². The predicted octanol–water partition coefficient (Wildman–Crippen LogP) is 4.98. The smallest absolute Gasteiger partial charge is 0.0595 e. The lowest BCUT2D eigenvalue weighted by Gasteiger charge is -2.17. The third-order valence-corrected chi connectivity index (χ3v) is 4.68. The summed E-state index contributed by atoms with van der Waals surface area (Å²) in [6.07, 6.45) is 0. The summed E-state index contributed by atoms with van der Waals surface area (Å²) in [5, 5.41) is 4.53. The Hall–Kier alpha value is -0.540. The molecule has 0 aliphatic carbocycles. The van der Waals surface area contributed by atoms with Crippen molar-refractivity contribution in [3.63, 3.8) is 0 Å². The van der Waals surface area contributed by atoms with E-state index in [0.717, 1.165) is 5.56 Å². The monoisotopic (exact) mass is 299 g/mol. The Kier molecular flexibility index (Phi) is 4.33. The van der Waals surface area contributed by atoms with Crippen LogP contribution in [0.2, 0.25) is 10.0 Å². The zero-order chi connectivity index (χ0) is 13.3. The number of nitrogens with one attached hydrogen (secondary N) is 1. The fourth-order valence-electron chi connectivity index (χ4n) is 2.13. The van der Waals surface area contributed by atoms with Gasteiger partial charge < -0.3 is 5.32 Å². The molecular formula is C14H15Cl2NS. The number of benzene rings is 1. The number of rotatable bonds is 3. The highest BCUT2D eigenvalue weighted by atomic mass is 35.5. The molecule has 1 heterocycles. The quantitative estimate of drug-likeness (QED) is 0.843. The van der Waals surface area contributed by atoms with Crippen LogP contribution in [-0.4, -0.2) is 7.05 Å². The van der Waals surface area contributed by atoms with Crippen molar-refractivity contribution in [2.45, 2.75) is 19.9 Å². The molecule has 2 rings (SSSR count). The Bertz CT molecular complexity index is 563. The first-order chi connectivity index (χ1) is 8.52. The van der Waals surface area contributed by atoms with Crippen molar-refractivity contribution in [1.29, 1.82) is 0 Å². The van der Waals surface area contributed by atoms with Gasteiger partial charge in [-0.05, 0) is 50.2 Å². The molecule has 1 aromatic carbocycles. The van der Waals surface area contributed by atoms with Crippen LogP contribution >= 0.6 is 34.5 Å². The SMILES string of the molecule is CNC(c1ccc(Cl)c(Cl)c1)c1cc(C)sc1C. The average Bonchev–Trinajstić information content (AvgIpc) is 2.64. The zero-order valence-corrected chi connectivity index (χ0v) is 12.9. The van der Waals surface area contributed by atoms with Gasteiger partial charge in [0.15, 0.2) is 0 Å². The maximum Gasteiger partial charge on any atom is 0.0595 e. The summed E-state index contributed by atoms with van der Waals surface area (Å²) in [5.41, 5.74) is 2.44. The molecule has 1 unspecified atom stereocenters. The number of aryl methyl sites for hydroxylation is 2. The van der Waals surface area contributed by atoms with Crippen molar-refractivity contribution in [2.24, 2.45) is 0 Å². The Morgan fingerprint density at radius 1 is 1.11 bits per heavy atom. The number of hydrogen-bond acceptors (Lipinski definition) is 2. The Balaban J connectivity index is 2.45. The minimum atomic E-state index is 0.157. The van der Waals surface area contributed by atoms with Crippen molar-refractivity contribution in [3.05, 3.63) is 55.2 Å². The molecule has 96 valence electrons. The van der Waals surface area contributed by atoms with E-state index in [9.17, 15) is 0 Å². The molecule has 0 aliphatic rings. The number of halogens is 2. The van der Waals surface area contributed by atoms with Crippen LogP contribution in [0.4, 0.5) is 0 Å². The van der Waals surface area contributed by atoms with E-state index < -0.39 is 0 Å². The Morgan fingerprint density at radius 2 is 1.83 bits per heavy atom. The molecule has 0 aliphatic heterocycles. The maximum absolute atomic E-state index is 6.09. The standard InChI is InChI=1S/C14H15Cl2NS/c1-8-6-11(9(2)18-8)14(17-3)10-4-5-12(15)13(16)7-10/h4-7,14,17H,1-3H3. The van der Waals surface area contributed by atoms with Crippen LogP contribution in [0.1, 0.15) is 26.9 Å². The second kappa shape index (κ2) is 5.62. The van der Waals surface area contributed by atoms with Crippen molar-refractivity contribution >= 4 is 34.5 Å². The van der Waals surface area contributed by atoms with Gasteiger partial charge in [-0.2, -0.15) is 0 Å². The van der Waals surface area contributed by atoms with E-state index in [4.69, 9.17) is 23.2 Å². The normalized spacial score (nSPS) is 12.7. The summed E-state index contributed by atoms with van der Waals surface area (Å²) in [6, 6.07) is 8.17. The highest BCUT2D eigenvalue weighted by molar-refractivity contribution is 7.12. The van der Waals surface area contributed by atoms with Crippen LogP contribution in [-0.2, 0) is 0 Å². The summed E-state index contributed by atoms with van der Waals surface area (Å²) < 4.78 is 0. The summed E-state index contributed by atoms with van der Waals surface area (Å²) in [7, 11) is 1.96. The van der Waals surface area contributed by atoms with E-state index in [2.05, 4.69) is 25.2 Å². The van der Waals surface area contributed by atoms with Gasteiger partial charge in [0.1, 0.15) is 0 Å². The molecule has 0 spiro atoms. The van der Waals surface area contributed by atoms with Crippen LogP contribution < -0.4 is 5.32 Å². The van der Waals surface area contributed by atoms with E-state index in [0.29, 0.717) is 10.0 Å². The van der Waals surface area contributed by atoms with Gasteiger partial charge in [-0.1, -0.05) is 29.3 Å². The molecule has 4 heteroatoms. The fourth-order valence-corrected chi connectivity index (χ4v) is 3.40. The van der Waals surface area contributed by atoms with E-state index in [1.165, 1.54) is 15.3 Å². The molecule has 1 N–H and O–H groups in total. The second-order valence-electron chi connectivity index (χ2n) is 4.26. The third-order valence-electron chi connectivity index (χ3n) is 2.96. The first kappa shape index (κ1) is 13.9. The van der Waals surface area contributed by atoms with Gasteiger partial charge in [0.25, 0.3) is 0 Å². The van der Waals surface area contributed by atoms with Gasteiger partial charge in [-0.3, -0.25) is 0 Å². The second-order valence-corrected chi connectivity index (χ2v) is 6.54. The molecule has 1 atom stereocenters. The van der Waals surface area contributed by atoms with Crippen LogP contribution in [0.25, 0.3) is 0 Å². The Labute approximate surface area is 122 Å². The molecular weight excluding hydrogens is 285 g/mol. The molecule has 1 aromatic heterocycles. The molecule has 0 fully saturated rings. The first-order valence-corrected chi connectivity index (χ1v) is 7.29. The minimum Gasteiger partial charge on any atom is -0.309 e. The van der Waals surface area contributed by atoms with E-state index in [-0.39, 0.29) is 6.04 Å². The first-order valence-electron chi connectivity index (χ1n) is 5.72. The fraction of sp³-hybridized carbons (Fsp3) is 0.286. The molecule has 0 amide bonds. The van der Waals surface area contributed by atoms with Gasteiger partial charge in [0.05, 0.1) is 16.1 Å². The summed E-state index contributed by atoms with van der Waals surface area (Å²) >= 11 is 13.9. The zero-order valence-electron chi connectivity index (χ0n) is 10.6. The maximum atomic E-state index is 6.09. The number of hydrogen-bond donors (Lipinski definition) is 1. The van der Waals surface area contributed by atoms with Gasteiger partial charge >= 0.3 is 0 Å². The summed E-state index contributed by atoms with van der Waals surface area (Å²) in [6.45, 7) is 4.28. The molecule has 0 bridgehead atoms. The predicted molar refractivity (Wildman–Crippen MR) is 81.2 cm³/mol.